The number of carbonyl (C=O) groups is 1. The number of nitrogen functional groups attached to an aromatic ring is 1. The molecule has 0 aromatic heterocycles. The molecule has 10 nitrogen and oxygen atoms in total. The molecule has 2 fully saturated rings. The minimum atomic E-state index is -4.11. The molecule has 2 aliphatic heterocycles. The normalized spacial score (nSPS) is 23.8. The summed E-state index contributed by atoms with van der Waals surface area (Å²) in [6.45, 7) is 4.81. The number of sulfonamides is 1. The molecule has 214 valence electrons. The first kappa shape index (κ1) is 29.3. The fraction of sp³-hybridized carbons (Fsp3) is 0.536. The van der Waals surface area contributed by atoms with Gasteiger partial charge in [-0.05, 0) is 54.5 Å². The standard InChI is InChI=1S/C28H39N3O7S/c1-18(2)17-31(39(34,35)21-10-8-20(29)9-11-21)25(22-12-14-36-27-23(22)13-15-37-27)26(32)24(38-28(30)33)16-19-6-4-3-5-7-19/h3-11,18,22-27,32H,12-17,29H2,1-2H3,(H2,30,33)/t22?,23-,24-,25-,26-,27-/m0/s1. The van der Waals surface area contributed by atoms with E-state index in [9.17, 15) is 18.3 Å². The maximum absolute atomic E-state index is 14.2. The molecular weight excluding hydrogens is 522 g/mol. The highest BCUT2D eigenvalue weighted by Crippen LogP contribution is 2.41. The van der Waals surface area contributed by atoms with Crippen LogP contribution in [0, 0.1) is 17.8 Å². The van der Waals surface area contributed by atoms with Crippen LogP contribution in [0.1, 0.15) is 32.3 Å². The van der Waals surface area contributed by atoms with Gasteiger partial charge in [-0.25, -0.2) is 13.2 Å². The van der Waals surface area contributed by atoms with Crippen LogP contribution in [0.25, 0.3) is 0 Å². The minimum absolute atomic E-state index is 0.0660. The van der Waals surface area contributed by atoms with Crippen LogP contribution in [0.15, 0.2) is 59.5 Å². The molecule has 1 unspecified atom stereocenters. The van der Waals surface area contributed by atoms with Crippen molar-refractivity contribution in [2.45, 2.75) is 62.5 Å². The monoisotopic (exact) mass is 561 g/mol. The second-order valence-corrected chi connectivity index (χ2v) is 12.6. The Labute approximate surface area is 230 Å². The van der Waals surface area contributed by atoms with Gasteiger partial charge in [-0.2, -0.15) is 4.31 Å². The van der Waals surface area contributed by atoms with E-state index < -0.39 is 40.7 Å². The lowest BCUT2D eigenvalue weighted by atomic mass is 9.77. The van der Waals surface area contributed by atoms with E-state index in [0.717, 1.165) is 5.56 Å². The zero-order chi connectivity index (χ0) is 28.2. The molecule has 11 heteroatoms. The number of aliphatic hydroxyl groups is 1. The molecule has 0 aliphatic carbocycles. The number of amides is 1. The summed E-state index contributed by atoms with van der Waals surface area (Å²) in [5, 5.41) is 12.0. The molecule has 2 aliphatic rings. The van der Waals surface area contributed by atoms with Gasteiger partial charge in [-0.3, -0.25) is 0 Å². The van der Waals surface area contributed by atoms with Crippen LogP contribution in [0.3, 0.4) is 0 Å². The van der Waals surface area contributed by atoms with Gasteiger partial charge in [0.05, 0.1) is 24.2 Å². The van der Waals surface area contributed by atoms with Gasteiger partial charge in [0.15, 0.2) is 6.29 Å². The third-order valence-corrected chi connectivity index (χ3v) is 9.33. The summed E-state index contributed by atoms with van der Waals surface area (Å²) in [5.41, 5.74) is 12.5. The van der Waals surface area contributed by atoms with Gasteiger partial charge in [0.1, 0.15) is 12.2 Å². The summed E-state index contributed by atoms with van der Waals surface area (Å²) >= 11 is 0. The lowest BCUT2D eigenvalue weighted by Crippen LogP contribution is -2.59. The van der Waals surface area contributed by atoms with E-state index >= 15 is 0 Å². The van der Waals surface area contributed by atoms with E-state index in [1.165, 1.54) is 28.6 Å². The van der Waals surface area contributed by atoms with E-state index in [4.69, 9.17) is 25.7 Å². The Bertz CT molecular complexity index is 1190. The maximum Gasteiger partial charge on any atom is 0.404 e. The summed E-state index contributed by atoms with van der Waals surface area (Å²) in [4.78, 5) is 12.1. The number of primary amides is 1. The van der Waals surface area contributed by atoms with Gasteiger partial charge >= 0.3 is 6.09 Å². The quantitative estimate of drug-likeness (QED) is 0.354. The predicted octanol–water partition coefficient (Wildman–Crippen LogP) is 2.75. The third-order valence-electron chi connectivity index (χ3n) is 7.45. The fourth-order valence-electron chi connectivity index (χ4n) is 5.73. The van der Waals surface area contributed by atoms with Gasteiger partial charge in [-0.15, -0.1) is 0 Å². The van der Waals surface area contributed by atoms with E-state index in [-0.39, 0.29) is 35.6 Å². The maximum atomic E-state index is 14.2. The van der Waals surface area contributed by atoms with E-state index in [1.54, 1.807) is 0 Å². The highest BCUT2D eigenvalue weighted by Gasteiger charge is 2.51. The van der Waals surface area contributed by atoms with Gasteiger partial charge < -0.3 is 30.8 Å². The molecule has 2 aromatic carbocycles. The second-order valence-electron chi connectivity index (χ2n) is 10.7. The molecule has 4 rings (SSSR count). The van der Waals surface area contributed by atoms with Crippen molar-refractivity contribution in [3.8, 4) is 0 Å². The Morgan fingerprint density at radius 3 is 2.33 bits per heavy atom. The smallest absolute Gasteiger partial charge is 0.404 e. The average Bonchev–Trinajstić information content (AvgIpc) is 3.38. The molecule has 0 spiro atoms. The molecule has 2 saturated heterocycles. The van der Waals surface area contributed by atoms with E-state index in [2.05, 4.69) is 0 Å². The molecule has 39 heavy (non-hydrogen) atoms. The minimum Gasteiger partial charge on any atom is -0.443 e. The number of anilines is 1. The number of hydrogen-bond acceptors (Lipinski definition) is 8. The SMILES string of the molecule is CC(C)CN([C@@H](C1CCO[C@H]2OCC[C@@H]12)[C@@H](O)[C@H](Cc1ccccc1)OC(N)=O)S(=O)(=O)c1ccc(N)cc1. The highest BCUT2D eigenvalue weighted by molar-refractivity contribution is 7.89. The van der Waals surface area contributed by atoms with Crippen molar-refractivity contribution in [3.63, 3.8) is 0 Å². The van der Waals surface area contributed by atoms with E-state index in [1.807, 2.05) is 44.2 Å². The molecule has 6 atom stereocenters. The molecule has 5 N–H and O–H groups in total. The summed E-state index contributed by atoms with van der Waals surface area (Å²) in [7, 11) is -4.11. The van der Waals surface area contributed by atoms with Crippen LogP contribution in [0.5, 0.6) is 0 Å². The topological polar surface area (TPSA) is 154 Å². The summed E-state index contributed by atoms with van der Waals surface area (Å²) in [6, 6.07) is 14.3. The van der Waals surface area contributed by atoms with Crippen LogP contribution in [0.2, 0.25) is 0 Å². The van der Waals surface area contributed by atoms with Crippen molar-refractivity contribution >= 4 is 21.8 Å². The van der Waals surface area contributed by atoms with Gasteiger partial charge in [0.25, 0.3) is 0 Å². The van der Waals surface area contributed by atoms with Crippen molar-refractivity contribution in [1.29, 1.82) is 0 Å². The van der Waals surface area contributed by atoms with Crippen LogP contribution in [-0.4, -0.2) is 68.2 Å². The second kappa shape index (κ2) is 12.6. The predicted molar refractivity (Wildman–Crippen MR) is 146 cm³/mol. The van der Waals surface area contributed by atoms with Crippen molar-refractivity contribution < 1.29 is 32.5 Å². The number of fused-ring (bicyclic) bond motifs is 1. The molecule has 0 saturated carbocycles. The Morgan fingerprint density at radius 2 is 1.72 bits per heavy atom. The van der Waals surface area contributed by atoms with Gasteiger partial charge in [0, 0.05) is 24.6 Å². The number of ether oxygens (including phenoxy) is 3. The van der Waals surface area contributed by atoms with Crippen LogP contribution >= 0.6 is 0 Å². The Morgan fingerprint density at radius 1 is 1.08 bits per heavy atom. The van der Waals surface area contributed by atoms with E-state index in [0.29, 0.717) is 31.7 Å². The zero-order valence-electron chi connectivity index (χ0n) is 22.4. The highest BCUT2D eigenvalue weighted by atomic mass is 32.2. The molecule has 0 bridgehead atoms. The van der Waals surface area contributed by atoms with Crippen LogP contribution in [0.4, 0.5) is 10.5 Å². The fourth-order valence-corrected chi connectivity index (χ4v) is 7.57. The third kappa shape index (κ3) is 6.90. The largest absolute Gasteiger partial charge is 0.443 e. The Balaban J connectivity index is 1.81. The summed E-state index contributed by atoms with van der Waals surface area (Å²) < 4.78 is 47.0. The first-order valence-electron chi connectivity index (χ1n) is 13.4. The Kier molecular flexibility index (Phi) is 9.50. The first-order valence-corrected chi connectivity index (χ1v) is 14.8. The number of nitrogens with zero attached hydrogens (tertiary/aromatic N) is 1. The van der Waals surface area contributed by atoms with Crippen LogP contribution < -0.4 is 11.5 Å². The molecule has 2 heterocycles. The number of nitrogens with two attached hydrogens (primary N) is 2. The van der Waals surface area contributed by atoms with Crippen LogP contribution in [-0.2, 0) is 30.7 Å². The number of benzene rings is 2. The Hall–Kier alpha value is -2.70. The lowest BCUT2D eigenvalue weighted by molar-refractivity contribution is -0.180. The molecule has 2 aromatic rings. The molecule has 0 radical (unpaired) electrons. The van der Waals surface area contributed by atoms with Crippen molar-refractivity contribution in [1.82, 2.24) is 4.31 Å². The van der Waals surface area contributed by atoms with Crippen molar-refractivity contribution in [2.75, 3.05) is 25.5 Å². The number of aliphatic hydroxyl groups excluding tert-OH is 1. The number of carbonyl (C=O) groups excluding carboxylic acids is 1. The lowest BCUT2D eigenvalue weighted by Gasteiger charge is -2.46. The summed E-state index contributed by atoms with van der Waals surface area (Å²) in [6.07, 6.45) is -2.67. The van der Waals surface area contributed by atoms with Crippen molar-refractivity contribution in [2.24, 2.45) is 23.5 Å². The molecule has 1 amide bonds. The first-order chi connectivity index (χ1) is 18.6. The number of rotatable bonds is 11. The summed E-state index contributed by atoms with van der Waals surface area (Å²) in [5.74, 6) is -0.526. The zero-order valence-corrected chi connectivity index (χ0v) is 23.2. The van der Waals surface area contributed by atoms with Gasteiger partial charge in [0.2, 0.25) is 10.0 Å². The molecular formula is C28H39N3O7S. The number of hydrogen-bond donors (Lipinski definition) is 3. The van der Waals surface area contributed by atoms with Gasteiger partial charge in [-0.1, -0.05) is 44.2 Å². The van der Waals surface area contributed by atoms with Crippen molar-refractivity contribution in [3.05, 3.63) is 60.2 Å². The average molecular weight is 562 g/mol.